The number of nitrogens with two attached hydrogens (primary N) is 1. The van der Waals surface area contributed by atoms with Crippen molar-refractivity contribution in [2.24, 2.45) is 11.8 Å². The van der Waals surface area contributed by atoms with Crippen LogP contribution in [0.2, 0.25) is 0 Å². The van der Waals surface area contributed by atoms with Crippen molar-refractivity contribution in [2.45, 2.75) is 13.3 Å². The average Bonchev–Trinajstić information content (AvgIpc) is 2.38. The van der Waals surface area contributed by atoms with Crippen molar-refractivity contribution in [1.82, 2.24) is 0 Å². The molecule has 2 unspecified atom stereocenters. The third-order valence-electron chi connectivity index (χ3n) is 3.57. The second-order valence-electron chi connectivity index (χ2n) is 4.94. The smallest absolute Gasteiger partial charge is 0.230 e. The van der Waals surface area contributed by atoms with Crippen molar-refractivity contribution >= 4 is 17.3 Å². The van der Waals surface area contributed by atoms with Crippen molar-refractivity contribution in [1.29, 1.82) is 0 Å². The molecule has 1 aliphatic heterocycles. The van der Waals surface area contributed by atoms with E-state index in [4.69, 9.17) is 10.5 Å². The molecule has 2 atom stereocenters. The van der Waals surface area contributed by atoms with Gasteiger partial charge in [-0.15, -0.1) is 0 Å². The second kappa shape index (κ2) is 5.40. The summed E-state index contributed by atoms with van der Waals surface area (Å²) < 4.78 is 5.38. The zero-order valence-corrected chi connectivity index (χ0v) is 10.9. The van der Waals surface area contributed by atoms with E-state index >= 15 is 0 Å². The molecule has 1 saturated heterocycles. The maximum Gasteiger partial charge on any atom is 0.230 e. The molecule has 0 spiro atoms. The van der Waals surface area contributed by atoms with Crippen LogP contribution < -0.4 is 10.6 Å². The molecule has 1 aromatic rings. The fraction of sp³-hybridized carbons (Fsp3) is 0.500. The molecule has 1 amide bonds. The Morgan fingerprint density at radius 3 is 2.67 bits per heavy atom. The van der Waals surface area contributed by atoms with E-state index in [2.05, 4.69) is 6.92 Å². The van der Waals surface area contributed by atoms with Gasteiger partial charge in [-0.05, 0) is 36.6 Å². The SMILES string of the molecule is CC1COCCC1C(=O)N(C)c1ccc(N)cc1. The van der Waals surface area contributed by atoms with Gasteiger partial charge in [-0.1, -0.05) is 6.92 Å². The normalized spacial score (nSPS) is 23.7. The number of hydrogen-bond acceptors (Lipinski definition) is 3. The summed E-state index contributed by atoms with van der Waals surface area (Å²) in [6.07, 6.45) is 0.805. The molecule has 98 valence electrons. The number of hydrogen-bond donors (Lipinski definition) is 1. The Hall–Kier alpha value is -1.55. The highest BCUT2D eigenvalue weighted by atomic mass is 16.5. The lowest BCUT2D eigenvalue weighted by Crippen LogP contribution is -2.40. The maximum atomic E-state index is 12.4. The average molecular weight is 248 g/mol. The summed E-state index contributed by atoms with van der Waals surface area (Å²) >= 11 is 0. The van der Waals surface area contributed by atoms with Crippen LogP contribution in [-0.4, -0.2) is 26.2 Å². The molecule has 0 bridgehead atoms. The van der Waals surface area contributed by atoms with Gasteiger partial charge in [0.2, 0.25) is 5.91 Å². The topological polar surface area (TPSA) is 55.6 Å². The van der Waals surface area contributed by atoms with Gasteiger partial charge < -0.3 is 15.4 Å². The summed E-state index contributed by atoms with van der Waals surface area (Å²) in [5.41, 5.74) is 7.24. The molecule has 4 nitrogen and oxygen atoms in total. The van der Waals surface area contributed by atoms with Gasteiger partial charge in [0.15, 0.2) is 0 Å². The van der Waals surface area contributed by atoms with E-state index < -0.39 is 0 Å². The first-order valence-corrected chi connectivity index (χ1v) is 6.30. The van der Waals surface area contributed by atoms with E-state index in [1.165, 1.54) is 0 Å². The first-order chi connectivity index (χ1) is 8.59. The minimum atomic E-state index is 0.0568. The number of nitrogen functional groups attached to an aromatic ring is 1. The Balaban J connectivity index is 2.10. The van der Waals surface area contributed by atoms with Crippen LogP contribution in [-0.2, 0) is 9.53 Å². The first-order valence-electron chi connectivity index (χ1n) is 6.30. The number of benzene rings is 1. The Labute approximate surface area is 108 Å². The van der Waals surface area contributed by atoms with Crippen molar-refractivity contribution in [3.63, 3.8) is 0 Å². The van der Waals surface area contributed by atoms with Gasteiger partial charge in [0.25, 0.3) is 0 Å². The predicted molar refractivity (Wildman–Crippen MR) is 72.4 cm³/mol. The fourth-order valence-corrected chi connectivity index (χ4v) is 2.32. The van der Waals surface area contributed by atoms with E-state index in [0.717, 1.165) is 12.1 Å². The molecule has 1 aromatic carbocycles. The van der Waals surface area contributed by atoms with Crippen molar-refractivity contribution in [3.8, 4) is 0 Å². The summed E-state index contributed by atoms with van der Waals surface area (Å²) in [5.74, 6) is 0.499. The standard InChI is InChI=1S/C14H20N2O2/c1-10-9-18-8-7-13(10)14(17)16(2)12-5-3-11(15)4-6-12/h3-6,10,13H,7-9,15H2,1-2H3. The van der Waals surface area contributed by atoms with Crippen LogP contribution in [0.5, 0.6) is 0 Å². The zero-order chi connectivity index (χ0) is 13.1. The van der Waals surface area contributed by atoms with Gasteiger partial charge in [0, 0.05) is 37.6 Å². The molecule has 1 aliphatic rings. The number of carbonyl (C=O) groups is 1. The lowest BCUT2D eigenvalue weighted by Gasteiger charge is -2.31. The number of rotatable bonds is 2. The van der Waals surface area contributed by atoms with Crippen LogP contribution in [0.3, 0.4) is 0 Å². The van der Waals surface area contributed by atoms with Crippen LogP contribution >= 0.6 is 0 Å². The Kier molecular flexibility index (Phi) is 3.87. The molecule has 2 rings (SSSR count). The van der Waals surface area contributed by atoms with Gasteiger partial charge in [0.05, 0.1) is 0 Å². The van der Waals surface area contributed by atoms with Crippen LogP contribution in [0.25, 0.3) is 0 Å². The third-order valence-corrected chi connectivity index (χ3v) is 3.57. The van der Waals surface area contributed by atoms with Gasteiger partial charge in [-0.2, -0.15) is 0 Å². The molecule has 0 radical (unpaired) electrons. The molecule has 18 heavy (non-hydrogen) atoms. The maximum absolute atomic E-state index is 12.4. The first kappa shape index (κ1) is 12.9. The van der Waals surface area contributed by atoms with Gasteiger partial charge in [-0.25, -0.2) is 0 Å². The number of ether oxygens (including phenoxy) is 1. The number of anilines is 2. The van der Waals surface area contributed by atoms with Crippen molar-refractivity contribution in [2.75, 3.05) is 30.9 Å². The van der Waals surface area contributed by atoms with Crippen LogP contribution in [0.1, 0.15) is 13.3 Å². The van der Waals surface area contributed by atoms with E-state index in [-0.39, 0.29) is 17.7 Å². The zero-order valence-electron chi connectivity index (χ0n) is 10.9. The Morgan fingerprint density at radius 2 is 2.06 bits per heavy atom. The monoisotopic (exact) mass is 248 g/mol. The van der Waals surface area contributed by atoms with Crippen LogP contribution in [0.15, 0.2) is 24.3 Å². The summed E-state index contributed by atoms with van der Waals surface area (Å²) in [7, 11) is 1.82. The highest BCUT2D eigenvalue weighted by Gasteiger charge is 2.30. The molecule has 1 fully saturated rings. The Bertz CT molecular complexity index is 416. The molecule has 0 saturated carbocycles. The van der Waals surface area contributed by atoms with Gasteiger partial charge in [0.1, 0.15) is 0 Å². The lowest BCUT2D eigenvalue weighted by atomic mass is 9.88. The van der Waals surface area contributed by atoms with E-state index in [0.29, 0.717) is 18.9 Å². The Morgan fingerprint density at radius 1 is 1.39 bits per heavy atom. The van der Waals surface area contributed by atoms with E-state index in [1.807, 2.05) is 31.3 Å². The van der Waals surface area contributed by atoms with Crippen molar-refractivity contribution < 1.29 is 9.53 Å². The summed E-state index contributed by atoms with van der Waals surface area (Å²) in [6, 6.07) is 7.37. The molecule has 0 aliphatic carbocycles. The second-order valence-corrected chi connectivity index (χ2v) is 4.94. The molecule has 4 heteroatoms. The molecule has 1 heterocycles. The summed E-state index contributed by atoms with van der Waals surface area (Å²) in [4.78, 5) is 14.1. The van der Waals surface area contributed by atoms with E-state index in [9.17, 15) is 4.79 Å². The fourth-order valence-electron chi connectivity index (χ4n) is 2.32. The van der Waals surface area contributed by atoms with Gasteiger partial charge >= 0.3 is 0 Å². The summed E-state index contributed by atoms with van der Waals surface area (Å²) in [5, 5.41) is 0. The number of nitrogens with zero attached hydrogens (tertiary/aromatic N) is 1. The molecular formula is C14H20N2O2. The van der Waals surface area contributed by atoms with Crippen molar-refractivity contribution in [3.05, 3.63) is 24.3 Å². The third kappa shape index (κ3) is 2.64. The number of carbonyl (C=O) groups excluding carboxylic acids is 1. The quantitative estimate of drug-likeness (QED) is 0.813. The largest absolute Gasteiger partial charge is 0.399 e. The van der Waals surface area contributed by atoms with E-state index in [1.54, 1.807) is 4.90 Å². The van der Waals surface area contributed by atoms with Crippen LogP contribution in [0, 0.1) is 11.8 Å². The highest BCUT2D eigenvalue weighted by Crippen LogP contribution is 2.25. The summed E-state index contributed by atoms with van der Waals surface area (Å²) in [6.45, 7) is 3.42. The lowest BCUT2D eigenvalue weighted by molar-refractivity contribution is -0.127. The van der Waals surface area contributed by atoms with Crippen LogP contribution in [0.4, 0.5) is 11.4 Å². The predicted octanol–water partition coefficient (Wildman–Crippen LogP) is 1.90. The molecule has 2 N–H and O–H groups in total. The molecular weight excluding hydrogens is 228 g/mol. The molecule has 0 aromatic heterocycles. The minimum Gasteiger partial charge on any atom is -0.399 e. The minimum absolute atomic E-state index is 0.0568. The highest BCUT2D eigenvalue weighted by molar-refractivity contribution is 5.94. The van der Waals surface area contributed by atoms with Gasteiger partial charge in [-0.3, -0.25) is 4.79 Å². The number of amides is 1.